The molecule has 0 radical (unpaired) electrons. The number of carbonyl (C=O) groups excluding carboxylic acids is 2. The van der Waals surface area contributed by atoms with Gasteiger partial charge in [-0.3, -0.25) is 9.59 Å². The van der Waals surface area contributed by atoms with Crippen molar-refractivity contribution >= 4 is 17.5 Å². The highest BCUT2D eigenvalue weighted by Gasteiger charge is 2.22. The molecule has 0 fully saturated rings. The number of hydrogen-bond donors (Lipinski definition) is 2. The van der Waals surface area contributed by atoms with Crippen LogP contribution in [-0.2, 0) is 9.59 Å². The maximum Gasteiger partial charge on any atom is 0.243 e. The van der Waals surface area contributed by atoms with Crippen LogP contribution in [0.15, 0.2) is 84.9 Å². The van der Waals surface area contributed by atoms with Crippen molar-refractivity contribution < 1.29 is 9.59 Å². The van der Waals surface area contributed by atoms with Gasteiger partial charge >= 0.3 is 0 Å². The van der Waals surface area contributed by atoms with Crippen LogP contribution in [0.25, 0.3) is 0 Å². The third-order valence-corrected chi connectivity index (χ3v) is 4.27. The molecule has 5 heteroatoms. The summed E-state index contributed by atoms with van der Waals surface area (Å²) < 4.78 is 0. The lowest BCUT2D eigenvalue weighted by atomic mass is 9.90. The van der Waals surface area contributed by atoms with Gasteiger partial charge in [0, 0.05) is 0 Å². The Kier molecular flexibility index (Phi) is 6.17. The van der Waals surface area contributed by atoms with E-state index < -0.39 is 11.8 Å². The number of amides is 2. The van der Waals surface area contributed by atoms with Crippen LogP contribution < -0.4 is 10.6 Å². The molecule has 3 aromatic rings. The van der Waals surface area contributed by atoms with Gasteiger partial charge < -0.3 is 10.6 Å². The molecule has 0 saturated carbocycles. The van der Waals surface area contributed by atoms with E-state index in [1.54, 1.807) is 24.3 Å². The fourth-order valence-corrected chi connectivity index (χ4v) is 2.94. The predicted molar refractivity (Wildman–Crippen MR) is 108 cm³/mol. The topological polar surface area (TPSA) is 82.0 Å². The molecular weight excluding hydrogens is 350 g/mol. The first-order valence-corrected chi connectivity index (χ1v) is 8.85. The molecule has 0 heterocycles. The van der Waals surface area contributed by atoms with Gasteiger partial charge in [-0.2, -0.15) is 5.26 Å². The zero-order valence-electron chi connectivity index (χ0n) is 15.1. The summed E-state index contributed by atoms with van der Waals surface area (Å²) in [6, 6.07) is 27.6. The first-order chi connectivity index (χ1) is 13.7. The number of nitriles is 1. The normalized spacial score (nSPS) is 10.1. The molecule has 0 aromatic heterocycles. The second kappa shape index (κ2) is 9.15. The van der Waals surface area contributed by atoms with Gasteiger partial charge in [0.2, 0.25) is 11.8 Å². The van der Waals surface area contributed by atoms with Gasteiger partial charge in [-0.25, -0.2) is 0 Å². The van der Waals surface area contributed by atoms with Crippen molar-refractivity contribution in [1.29, 1.82) is 5.26 Å². The van der Waals surface area contributed by atoms with Crippen LogP contribution in [0.3, 0.4) is 0 Å². The molecule has 0 aliphatic carbocycles. The predicted octanol–water partition coefficient (Wildman–Crippen LogP) is 3.45. The van der Waals surface area contributed by atoms with Crippen LogP contribution in [0.4, 0.5) is 5.69 Å². The molecule has 0 spiro atoms. The van der Waals surface area contributed by atoms with Gasteiger partial charge in [0.1, 0.15) is 6.07 Å². The molecule has 2 amide bonds. The summed E-state index contributed by atoms with van der Waals surface area (Å²) >= 11 is 0. The van der Waals surface area contributed by atoms with Crippen LogP contribution in [-0.4, -0.2) is 18.4 Å². The monoisotopic (exact) mass is 369 g/mol. The summed E-state index contributed by atoms with van der Waals surface area (Å²) in [6.07, 6.45) is 0. The van der Waals surface area contributed by atoms with Crippen molar-refractivity contribution in [2.24, 2.45) is 0 Å². The van der Waals surface area contributed by atoms with E-state index in [-0.39, 0.29) is 12.5 Å². The number of nitrogens with zero attached hydrogens (tertiary/aromatic N) is 1. The molecular formula is C23H19N3O2. The van der Waals surface area contributed by atoms with Gasteiger partial charge in [-0.05, 0) is 23.3 Å². The molecule has 138 valence electrons. The summed E-state index contributed by atoms with van der Waals surface area (Å²) in [4.78, 5) is 25.1. The Morgan fingerprint density at radius 1 is 0.821 bits per heavy atom. The molecule has 0 aliphatic rings. The average molecular weight is 369 g/mol. The highest BCUT2D eigenvalue weighted by molar-refractivity contribution is 5.97. The van der Waals surface area contributed by atoms with Crippen molar-refractivity contribution in [3.8, 4) is 6.07 Å². The SMILES string of the molecule is N#Cc1ccccc1NC(=O)CNC(=O)C(c1ccccc1)c1ccccc1. The quantitative estimate of drug-likeness (QED) is 0.698. The van der Waals surface area contributed by atoms with Crippen LogP contribution in [0.5, 0.6) is 0 Å². The Balaban J connectivity index is 1.71. The van der Waals surface area contributed by atoms with E-state index in [2.05, 4.69) is 10.6 Å². The fourth-order valence-electron chi connectivity index (χ4n) is 2.94. The Labute approximate surface area is 163 Å². The molecule has 0 aliphatic heterocycles. The number of rotatable bonds is 6. The summed E-state index contributed by atoms with van der Waals surface area (Å²) in [6.45, 7) is -0.186. The third kappa shape index (κ3) is 4.63. The second-order valence-electron chi connectivity index (χ2n) is 6.18. The van der Waals surface area contributed by atoms with E-state index in [9.17, 15) is 9.59 Å². The minimum atomic E-state index is -0.512. The zero-order valence-corrected chi connectivity index (χ0v) is 15.1. The molecule has 28 heavy (non-hydrogen) atoms. The first kappa shape index (κ1) is 18.9. The van der Waals surface area contributed by atoms with E-state index in [4.69, 9.17) is 5.26 Å². The van der Waals surface area contributed by atoms with Crippen molar-refractivity contribution in [1.82, 2.24) is 5.32 Å². The van der Waals surface area contributed by atoms with E-state index in [1.165, 1.54) is 0 Å². The number of hydrogen-bond acceptors (Lipinski definition) is 3. The smallest absolute Gasteiger partial charge is 0.243 e. The van der Waals surface area contributed by atoms with Gasteiger partial charge in [0.15, 0.2) is 0 Å². The maximum absolute atomic E-state index is 12.9. The molecule has 0 atom stereocenters. The molecule has 5 nitrogen and oxygen atoms in total. The second-order valence-corrected chi connectivity index (χ2v) is 6.18. The van der Waals surface area contributed by atoms with Gasteiger partial charge in [0.05, 0.1) is 23.7 Å². The van der Waals surface area contributed by atoms with Crippen LogP contribution in [0.2, 0.25) is 0 Å². The van der Waals surface area contributed by atoms with E-state index in [0.717, 1.165) is 11.1 Å². The lowest BCUT2D eigenvalue weighted by molar-refractivity contribution is -0.124. The highest BCUT2D eigenvalue weighted by atomic mass is 16.2. The number of para-hydroxylation sites is 1. The highest BCUT2D eigenvalue weighted by Crippen LogP contribution is 2.24. The molecule has 3 aromatic carbocycles. The van der Waals surface area contributed by atoms with Crippen molar-refractivity contribution in [2.45, 2.75) is 5.92 Å². The Morgan fingerprint density at radius 2 is 1.36 bits per heavy atom. The molecule has 0 saturated heterocycles. The van der Waals surface area contributed by atoms with E-state index in [0.29, 0.717) is 11.3 Å². The Bertz CT molecular complexity index is 956. The van der Waals surface area contributed by atoms with E-state index >= 15 is 0 Å². The van der Waals surface area contributed by atoms with Gasteiger partial charge in [-0.1, -0.05) is 72.8 Å². The molecule has 0 bridgehead atoms. The molecule has 0 unspecified atom stereocenters. The number of anilines is 1. The van der Waals surface area contributed by atoms with Crippen molar-refractivity contribution in [3.63, 3.8) is 0 Å². The lowest BCUT2D eigenvalue weighted by Gasteiger charge is -2.18. The number of nitrogens with one attached hydrogen (secondary N) is 2. The minimum absolute atomic E-state index is 0.186. The third-order valence-electron chi connectivity index (χ3n) is 4.27. The molecule has 2 N–H and O–H groups in total. The summed E-state index contributed by atoms with van der Waals surface area (Å²) in [5.74, 6) is -1.17. The largest absolute Gasteiger partial charge is 0.346 e. The summed E-state index contributed by atoms with van der Waals surface area (Å²) in [7, 11) is 0. The minimum Gasteiger partial charge on any atom is -0.346 e. The lowest BCUT2D eigenvalue weighted by Crippen LogP contribution is -2.36. The number of benzene rings is 3. The maximum atomic E-state index is 12.9. The Hall–Kier alpha value is -3.91. The van der Waals surface area contributed by atoms with Crippen molar-refractivity contribution in [2.75, 3.05) is 11.9 Å². The van der Waals surface area contributed by atoms with Crippen molar-refractivity contribution in [3.05, 3.63) is 102 Å². The Morgan fingerprint density at radius 3 is 1.93 bits per heavy atom. The van der Waals surface area contributed by atoms with Gasteiger partial charge in [0.25, 0.3) is 0 Å². The summed E-state index contributed by atoms with van der Waals surface area (Å²) in [5.41, 5.74) is 2.49. The van der Waals surface area contributed by atoms with Crippen LogP contribution in [0, 0.1) is 11.3 Å². The van der Waals surface area contributed by atoms with Crippen LogP contribution >= 0.6 is 0 Å². The average Bonchev–Trinajstić information content (AvgIpc) is 2.74. The number of carbonyl (C=O) groups is 2. The standard InChI is InChI=1S/C23H19N3O2/c24-15-19-13-7-8-14-20(19)26-21(27)16-25-23(28)22(17-9-3-1-4-10-17)18-11-5-2-6-12-18/h1-14,22H,16H2,(H,25,28)(H,26,27). The molecule has 3 rings (SSSR count). The zero-order chi connectivity index (χ0) is 19.8. The summed E-state index contributed by atoms with van der Waals surface area (Å²) in [5, 5.41) is 14.5. The van der Waals surface area contributed by atoms with Crippen LogP contribution in [0.1, 0.15) is 22.6 Å². The van der Waals surface area contributed by atoms with Gasteiger partial charge in [-0.15, -0.1) is 0 Å². The fraction of sp³-hybridized carbons (Fsp3) is 0.0870. The first-order valence-electron chi connectivity index (χ1n) is 8.85. The van der Waals surface area contributed by atoms with E-state index in [1.807, 2.05) is 66.7 Å².